The zero-order valence-electron chi connectivity index (χ0n) is 15.3. The van der Waals surface area contributed by atoms with Crippen LogP contribution in [0.25, 0.3) is 11.3 Å². The van der Waals surface area contributed by atoms with Gasteiger partial charge in [0.25, 0.3) is 0 Å². The summed E-state index contributed by atoms with van der Waals surface area (Å²) in [5.74, 6) is -1.22. The SMILES string of the molecule is CCOC(=O)c1cc(-c2ccc(N3C[C@H](Cn4ccnn4)OC3=O)cc2F)on1. The van der Waals surface area contributed by atoms with Crippen molar-refractivity contribution in [3.05, 3.63) is 48.2 Å². The highest BCUT2D eigenvalue weighted by Gasteiger charge is 2.33. The summed E-state index contributed by atoms with van der Waals surface area (Å²) in [5.41, 5.74) is 0.385. The lowest BCUT2D eigenvalue weighted by atomic mass is 10.1. The van der Waals surface area contributed by atoms with Crippen LogP contribution in [0.15, 0.2) is 41.2 Å². The number of carbonyl (C=O) groups excluding carboxylic acids is 2. The van der Waals surface area contributed by atoms with Gasteiger partial charge in [-0.3, -0.25) is 4.90 Å². The maximum absolute atomic E-state index is 14.7. The van der Waals surface area contributed by atoms with E-state index < -0.39 is 24.0 Å². The highest BCUT2D eigenvalue weighted by molar-refractivity contribution is 5.90. The van der Waals surface area contributed by atoms with Gasteiger partial charge >= 0.3 is 12.1 Å². The molecule has 3 aromatic rings. The van der Waals surface area contributed by atoms with Crippen molar-refractivity contribution >= 4 is 17.7 Å². The van der Waals surface area contributed by atoms with E-state index in [2.05, 4.69) is 15.5 Å². The number of aromatic nitrogens is 4. The summed E-state index contributed by atoms with van der Waals surface area (Å²) in [6, 6.07) is 5.50. The van der Waals surface area contributed by atoms with Crippen LogP contribution in [0.2, 0.25) is 0 Å². The number of cyclic esters (lactones) is 1. The molecular weight excluding hydrogens is 385 g/mol. The summed E-state index contributed by atoms with van der Waals surface area (Å²) in [6.07, 6.45) is 2.17. The van der Waals surface area contributed by atoms with Crippen molar-refractivity contribution in [3.63, 3.8) is 0 Å². The molecule has 0 spiro atoms. The van der Waals surface area contributed by atoms with E-state index in [4.69, 9.17) is 14.0 Å². The van der Waals surface area contributed by atoms with Crippen molar-refractivity contribution in [3.8, 4) is 11.3 Å². The zero-order valence-corrected chi connectivity index (χ0v) is 15.3. The predicted molar refractivity (Wildman–Crippen MR) is 95.5 cm³/mol. The molecule has 1 aliphatic rings. The van der Waals surface area contributed by atoms with Crippen LogP contribution in [-0.2, 0) is 16.0 Å². The molecule has 10 nitrogen and oxygen atoms in total. The summed E-state index contributed by atoms with van der Waals surface area (Å²) >= 11 is 0. The van der Waals surface area contributed by atoms with Gasteiger partial charge in [-0.05, 0) is 25.1 Å². The van der Waals surface area contributed by atoms with Crippen LogP contribution in [0.5, 0.6) is 0 Å². The first-order valence-corrected chi connectivity index (χ1v) is 8.81. The van der Waals surface area contributed by atoms with E-state index in [1.165, 1.54) is 29.3 Å². The Labute approximate surface area is 163 Å². The van der Waals surface area contributed by atoms with Crippen molar-refractivity contribution in [2.45, 2.75) is 19.6 Å². The van der Waals surface area contributed by atoms with Crippen molar-refractivity contribution in [1.29, 1.82) is 0 Å². The Balaban J connectivity index is 1.50. The lowest BCUT2D eigenvalue weighted by Gasteiger charge is -2.13. The monoisotopic (exact) mass is 401 g/mol. The molecule has 1 saturated heterocycles. The van der Waals surface area contributed by atoms with Crippen LogP contribution >= 0.6 is 0 Å². The van der Waals surface area contributed by atoms with Gasteiger partial charge in [-0.25, -0.2) is 18.7 Å². The van der Waals surface area contributed by atoms with Crippen LogP contribution in [0.4, 0.5) is 14.9 Å². The highest BCUT2D eigenvalue weighted by Crippen LogP contribution is 2.29. The Morgan fingerprint density at radius 3 is 2.97 bits per heavy atom. The smallest absolute Gasteiger partial charge is 0.414 e. The number of hydrogen-bond donors (Lipinski definition) is 0. The number of esters is 1. The third-order valence-electron chi connectivity index (χ3n) is 4.26. The Morgan fingerprint density at radius 1 is 1.38 bits per heavy atom. The van der Waals surface area contributed by atoms with Gasteiger partial charge in [-0.2, -0.15) is 0 Å². The predicted octanol–water partition coefficient (Wildman–Crippen LogP) is 2.27. The molecule has 4 rings (SSSR count). The second-order valence-electron chi connectivity index (χ2n) is 6.20. The number of amides is 1. The van der Waals surface area contributed by atoms with Gasteiger partial charge in [0.1, 0.15) is 11.9 Å². The number of benzene rings is 1. The summed E-state index contributed by atoms with van der Waals surface area (Å²) in [4.78, 5) is 25.2. The summed E-state index contributed by atoms with van der Waals surface area (Å²) in [5, 5.41) is 11.1. The van der Waals surface area contributed by atoms with E-state index in [-0.39, 0.29) is 30.2 Å². The molecule has 3 heterocycles. The van der Waals surface area contributed by atoms with Crippen LogP contribution in [0.3, 0.4) is 0 Å². The summed E-state index contributed by atoms with van der Waals surface area (Å²) in [7, 11) is 0. The molecule has 11 heteroatoms. The van der Waals surface area contributed by atoms with Gasteiger partial charge in [0.05, 0.1) is 37.1 Å². The van der Waals surface area contributed by atoms with Crippen molar-refractivity contribution in [2.24, 2.45) is 0 Å². The molecule has 1 aliphatic heterocycles. The van der Waals surface area contributed by atoms with Crippen LogP contribution in [0.1, 0.15) is 17.4 Å². The fourth-order valence-corrected chi connectivity index (χ4v) is 2.94. The molecule has 0 N–H and O–H groups in total. The van der Waals surface area contributed by atoms with Gasteiger partial charge < -0.3 is 14.0 Å². The summed E-state index contributed by atoms with van der Waals surface area (Å²) < 4.78 is 31.4. The molecule has 1 aromatic carbocycles. The molecule has 0 bridgehead atoms. The molecule has 0 unspecified atom stereocenters. The topological polar surface area (TPSA) is 113 Å². The number of ether oxygens (including phenoxy) is 2. The fourth-order valence-electron chi connectivity index (χ4n) is 2.94. The Kier molecular flexibility index (Phi) is 4.94. The fraction of sp³-hybridized carbons (Fsp3) is 0.278. The lowest BCUT2D eigenvalue weighted by molar-refractivity contribution is 0.0514. The standard InChI is InChI=1S/C18H16FN5O5/c1-2-27-17(25)15-8-16(29-21-15)13-4-3-11(7-14(13)19)24-10-12(28-18(24)26)9-23-6-5-20-22-23/h3-8,12H,2,9-10H2,1H3/t12-/m0/s1. The van der Waals surface area contributed by atoms with Gasteiger partial charge in [-0.15, -0.1) is 5.10 Å². The molecule has 0 radical (unpaired) electrons. The third-order valence-corrected chi connectivity index (χ3v) is 4.26. The maximum Gasteiger partial charge on any atom is 0.414 e. The molecule has 2 aromatic heterocycles. The normalized spacial score (nSPS) is 16.1. The van der Waals surface area contributed by atoms with Gasteiger partial charge in [0.2, 0.25) is 0 Å². The van der Waals surface area contributed by atoms with Crippen molar-refractivity contribution in [2.75, 3.05) is 18.1 Å². The third kappa shape index (κ3) is 3.79. The first-order valence-electron chi connectivity index (χ1n) is 8.81. The minimum atomic E-state index is -0.655. The van der Waals surface area contributed by atoms with E-state index in [1.807, 2.05) is 0 Å². The lowest BCUT2D eigenvalue weighted by Crippen LogP contribution is -2.26. The molecule has 29 heavy (non-hydrogen) atoms. The Bertz CT molecular complexity index is 1040. The number of carbonyl (C=O) groups is 2. The Morgan fingerprint density at radius 2 is 2.24 bits per heavy atom. The number of halogens is 1. The number of nitrogens with zero attached hydrogens (tertiary/aromatic N) is 5. The largest absolute Gasteiger partial charge is 0.461 e. The number of rotatable bonds is 6. The van der Waals surface area contributed by atoms with E-state index in [1.54, 1.807) is 23.9 Å². The van der Waals surface area contributed by atoms with E-state index in [0.717, 1.165) is 0 Å². The van der Waals surface area contributed by atoms with Crippen molar-refractivity contribution < 1.29 is 28.0 Å². The van der Waals surface area contributed by atoms with E-state index in [0.29, 0.717) is 12.2 Å². The first kappa shape index (κ1) is 18.6. The average molecular weight is 401 g/mol. The second-order valence-corrected chi connectivity index (χ2v) is 6.20. The minimum absolute atomic E-state index is 0.0515. The first-order chi connectivity index (χ1) is 14.0. The quantitative estimate of drug-likeness (QED) is 0.578. The maximum atomic E-state index is 14.7. The van der Waals surface area contributed by atoms with Crippen molar-refractivity contribution in [1.82, 2.24) is 20.2 Å². The highest BCUT2D eigenvalue weighted by atomic mass is 19.1. The van der Waals surface area contributed by atoms with E-state index >= 15 is 0 Å². The number of anilines is 1. The molecule has 0 aliphatic carbocycles. The molecule has 150 valence electrons. The van der Waals surface area contributed by atoms with Crippen LogP contribution < -0.4 is 4.90 Å². The molecule has 1 atom stereocenters. The molecule has 1 amide bonds. The van der Waals surface area contributed by atoms with Gasteiger partial charge in [-0.1, -0.05) is 10.4 Å². The molecule has 0 saturated carbocycles. The number of hydrogen-bond acceptors (Lipinski definition) is 8. The second kappa shape index (κ2) is 7.70. The van der Waals surface area contributed by atoms with Crippen LogP contribution in [0, 0.1) is 5.82 Å². The summed E-state index contributed by atoms with van der Waals surface area (Å²) in [6.45, 7) is 2.44. The Hall–Kier alpha value is -3.76. The minimum Gasteiger partial charge on any atom is -0.461 e. The van der Waals surface area contributed by atoms with Gasteiger partial charge in [0.15, 0.2) is 11.5 Å². The molecular formula is C18H16FN5O5. The molecule has 1 fully saturated rings. The van der Waals surface area contributed by atoms with Crippen LogP contribution in [-0.4, -0.2) is 51.5 Å². The zero-order chi connectivity index (χ0) is 20.4. The van der Waals surface area contributed by atoms with Gasteiger partial charge in [0, 0.05) is 12.3 Å². The van der Waals surface area contributed by atoms with E-state index in [9.17, 15) is 14.0 Å². The average Bonchev–Trinajstić information content (AvgIpc) is 3.43.